The van der Waals surface area contributed by atoms with Crippen molar-refractivity contribution in [2.75, 3.05) is 13.2 Å². The van der Waals surface area contributed by atoms with E-state index in [0.29, 0.717) is 19.4 Å². The first-order chi connectivity index (χ1) is 17.8. The van der Waals surface area contributed by atoms with Gasteiger partial charge in [0.1, 0.15) is 0 Å². The number of halogens is 6. The first-order valence-electron chi connectivity index (χ1n) is 12.0. The molecule has 196 valence electrons. The van der Waals surface area contributed by atoms with Crippen LogP contribution in [0.4, 0.5) is 26.3 Å². The van der Waals surface area contributed by atoms with Crippen LogP contribution in [0.15, 0.2) is 43.0 Å². The van der Waals surface area contributed by atoms with Crippen LogP contribution in [-0.2, 0) is 22.3 Å². The summed E-state index contributed by atoms with van der Waals surface area (Å²) in [6.45, 7) is 5.87. The molecule has 2 unspecified atom stereocenters. The van der Waals surface area contributed by atoms with Crippen molar-refractivity contribution in [2.45, 2.75) is 44.8 Å². The van der Waals surface area contributed by atoms with Crippen molar-refractivity contribution in [3.63, 3.8) is 0 Å². The molecule has 2 atom stereocenters. The summed E-state index contributed by atoms with van der Waals surface area (Å²) in [4.78, 5) is 0. The minimum atomic E-state index is -1.35. The Bertz CT molecular complexity index is 1300. The molecule has 0 bridgehead atoms. The summed E-state index contributed by atoms with van der Waals surface area (Å²) in [7, 11) is 0. The lowest BCUT2D eigenvalue weighted by molar-refractivity contribution is -0.164. The minimum Gasteiger partial charge on any atom is -0.353 e. The first kappa shape index (κ1) is 26.9. The van der Waals surface area contributed by atoms with Crippen molar-refractivity contribution in [3.8, 4) is 11.1 Å². The molecule has 1 fully saturated rings. The largest absolute Gasteiger partial charge is 0.353 e. The van der Waals surface area contributed by atoms with Crippen LogP contribution in [-0.4, -0.2) is 19.5 Å². The molecule has 3 aromatic carbocycles. The second kappa shape index (κ2) is 11.5. The molecule has 0 amide bonds. The number of ether oxygens (including phenoxy) is 2. The quantitative estimate of drug-likeness (QED) is 0.282. The summed E-state index contributed by atoms with van der Waals surface area (Å²) >= 11 is 0. The van der Waals surface area contributed by atoms with Gasteiger partial charge in [-0.3, -0.25) is 0 Å². The molecule has 1 saturated heterocycles. The molecule has 4 rings (SSSR count). The van der Waals surface area contributed by atoms with Gasteiger partial charge in [-0.15, -0.1) is 0 Å². The highest BCUT2D eigenvalue weighted by Gasteiger charge is 2.28. The van der Waals surface area contributed by atoms with Crippen molar-refractivity contribution in [3.05, 3.63) is 100 Å². The summed E-state index contributed by atoms with van der Waals surface area (Å²) in [5, 5.41) is 0. The molecule has 1 aliphatic heterocycles. The third-order valence-corrected chi connectivity index (χ3v) is 6.67. The van der Waals surface area contributed by atoms with Gasteiger partial charge in [-0.05, 0) is 49.3 Å². The molecule has 0 spiro atoms. The Hall–Kier alpha value is -3.10. The van der Waals surface area contributed by atoms with Gasteiger partial charge in [0, 0.05) is 29.2 Å². The molecule has 2 nitrogen and oxygen atoms in total. The average molecular weight is 521 g/mol. The smallest absolute Gasteiger partial charge is 0.167 e. The summed E-state index contributed by atoms with van der Waals surface area (Å²) in [6, 6.07) is 7.66. The molecule has 8 heteroatoms. The lowest BCUT2D eigenvalue weighted by atomic mass is 9.90. The Morgan fingerprint density at radius 1 is 0.784 bits per heavy atom. The van der Waals surface area contributed by atoms with Crippen LogP contribution in [0, 0.1) is 34.9 Å². The van der Waals surface area contributed by atoms with Gasteiger partial charge in [0.15, 0.2) is 41.2 Å². The van der Waals surface area contributed by atoms with Gasteiger partial charge >= 0.3 is 0 Å². The van der Waals surface area contributed by atoms with Gasteiger partial charge in [-0.2, -0.15) is 0 Å². The topological polar surface area (TPSA) is 18.5 Å². The molecule has 0 aliphatic carbocycles. The van der Waals surface area contributed by atoms with E-state index in [9.17, 15) is 22.0 Å². The predicted molar refractivity (Wildman–Crippen MR) is 129 cm³/mol. The standard InChI is InChI=1S/C29H26F6O2/c1-3-16-5-6-17(25(31)24(16)30)7-8-18-9-11-21(28(34)26(18)32)22-13-12-20(27(33)29(22)35)19-10-14-23(36-4-2)37-15-19/h3,5-6,9,11-13,19,23H,1,4,7-8,10,14-15H2,2H3. The maximum Gasteiger partial charge on any atom is 0.167 e. The molecule has 1 heterocycles. The van der Waals surface area contributed by atoms with Crippen molar-refractivity contribution in [2.24, 2.45) is 0 Å². The average Bonchev–Trinajstić information content (AvgIpc) is 2.90. The third kappa shape index (κ3) is 5.45. The third-order valence-electron chi connectivity index (χ3n) is 6.67. The molecule has 1 aliphatic rings. The minimum absolute atomic E-state index is 0.00467. The van der Waals surface area contributed by atoms with E-state index in [0.717, 1.165) is 6.07 Å². The maximum atomic E-state index is 15.0. The van der Waals surface area contributed by atoms with E-state index in [-0.39, 0.29) is 48.0 Å². The van der Waals surface area contributed by atoms with Crippen molar-refractivity contribution in [1.82, 2.24) is 0 Å². The summed E-state index contributed by atoms with van der Waals surface area (Å²) in [5.74, 6) is -7.56. The van der Waals surface area contributed by atoms with Crippen LogP contribution < -0.4 is 0 Å². The van der Waals surface area contributed by atoms with E-state index in [2.05, 4.69) is 6.58 Å². The van der Waals surface area contributed by atoms with E-state index < -0.39 is 51.9 Å². The number of hydrogen-bond donors (Lipinski definition) is 0. The van der Waals surface area contributed by atoms with Crippen LogP contribution >= 0.6 is 0 Å². The van der Waals surface area contributed by atoms with Crippen LogP contribution in [0.5, 0.6) is 0 Å². The van der Waals surface area contributed by atoms with E-state index in [4.69, 9.17) is 9.47 Å². The summed E-state index contributed by atoms with van der Waals surface area (Å²) in [5.41, 5.74) is -0.863. The maximum absolute atomic E-state index is 15.0. The molecule has 3 aromatic rings. The van der Waals surface area contributed by atoms with Gasteiger partial charge in [0.25, 0.3) is 0 Å². The van der Waals surface area contributed by atoms with Crippen LogP contribution in [0.3, 0.4) is 0 Å². The fraction of sp³-hybridized carbons (Fsp3) is 0.310. The lowest BCUT2D eigenvalue weighted by Crippen LogP contribution is -2.27. The Morgan fingerprint density at radius 3 is 1.97 bits per heavy atom. The molecule has 0 saturated carbocycles. The number of rotatable bonds is 8. The van der Waals surface area contributed by atoms with Crippen LogP contribution in [0.25, 0.3) is 17.2 Å². The van der Waals surface area contributed by atoms with Crippen molar-refractivity contribution >= 4 is 6.08 Å². The van der Waals surface area contributed by atoms with Crippen LogP contribution in [0.1, 0.15) is 47.9 Å². The zero-order valence-corrected chi connectivity index (χ0v) is 20.2. The SMILES string of the molecule is C=Cc1ccc(CCc2ccc(-c3ccc(C4CCC(OCC)OC4)c(F)c3F)c(F)c2F)c(F)c1F. The molecule has 0 aromatic heterocycles. The zero-order chi connectivity index (χ0) is 26.7. The molecular weight excluding hydrogens is 494 g/mol. The van der Waals surface area contributed by atoms with Crippen LogP contribution in [0.2, 0.25) is 0 Å². The molecular formula is C29H26F6O2. The highest BCUT2D eigenvalue weighted by molar-refractivity contribution is 5.66. The van der Waals surface area contributed by atoms with Crippen molar-refractivity contribution in [1.29, 1.82) is 0 Å². The monoisotopic (exact) mass is 520 g/mol. The lowest BCUT2D eigenvalue weighted by Gasteiger charge is -2.29. The second-order valence-electron chi connectivity index (χ2n) is 8.87. The van der Waals surface area contributed by atoms with E-state index >= 15 is 4.39 Å². The van der Waals surface area contributed by atoms with Gasteiger partial charge in [-0.25, -0.2) is 26.3 Å². The highest BCUT2D eigenvalue weighted by Crippen LogP contribution is 2.36. The van der Waals surface area contributed by atoms with E-state index in [1.165, 1.54) is 36.4 Å². The predicted octanol–water partition coefficient (Wildman–Crippen LogP) is 7.87. The van der Waals surface area contributed by atoms with E-state index in [1.807, 2.05) is 6.92 Å². The molecule has 37 heavy (non-hydrogen) atoms. The Morgan fingerprint density at radius 2 is 1.38 bits per heavy atom. The normalized spacial score (nSPS) is 17.7. The second-order valence-corrected chi connectivity index (χ2v) is 8.87. The van der Waals surface area contributed by atoms with Gasteiger partial charge in [-0.1, -0.05) is 49.1 Å². The zero-order valence-electron chi connectivity index (χ0n) is 20.2. The van der Waals surface area contributed by atoms with E-state index in [1.54, 1.807) is 0 Å². The Labute approximate surface area is 211 Å². The number of hydrogen-bond acceptors (Lipinski definition) is 2. The number of benzene rings is 3. The van der Waals surface area contributed by atoms with Gasteiger partial charge in [0.2, 0.25) is 0 Å². The van der Waals surface area contributed by atoms with Gasteiger partial charge < -0.3 is 9.47 Å². The highest BCUT2D eigenvalue weighted by atomic mass is 19.2. The summed E-state index contributed by atoms with van der Waals surface area (Å²) < 4.78 is 98.9. The van der Waals surface area contributed by atoms with Gasteiger partial charge in [0.05, 0.1) is 6.61 Å². The fourth-order valence-corrected chi connectivity index (χ4v) is 4.59. The molecule has 0 radical (unpaired) electrons. The first-order valence-corrected chi connectivity index (χ1v) is 12.0. The van der Waals surface area contributed by atoms with Crippen molar-refractivity contribution < 1.29 is 35.8 Å². The Kier molecular flexibility index (Phi) is 8.39. The number of aryl methyl sites for hydroxylation is 2. The molecule has 0 N–H and O–H groups in total. The Balaban J connectivity index is 1.54. The summed E-state index contributed by atoms with van der Waals surface area (Å²) in [6.07, 6.45) is 1.61. The fourth-order valence-electron chi connectivity index (χ4n) is 4.59.